The van der Waals surface area contributed by atoms with Crippen LogP contribution in [0.1, 0.15) is 31.4 Å². The average Bonchev–Trinajstić information content (AvgIpc) is 3.33. The van der Waals surface area contributed by atoms with E-state index in [4.69, 9.17) is 10.8 Å². The van der Waals surface area contributed by atoms with Crippen LogP contribution < -0.4 is 21.7 Å². The van der Waals surface area contributed by atoms with E-state index >= 15 is 0 Å². The van der Waals surface area contributed by atoms with Crippen LogP contribution in [0, 0.1) is 5.92 Å². The number of carboxylic acid groups (broad SMARTS) is 1. The van der Waals surface area contributed by atoms with Gasteiger partial charge in [-0.3, -0.25) is 19.2 Å². The summed E-state index contributed by atoms with van der Waals surface area (Å²) in [6, 6.07) is 10.8. The average molecular weight is 538 g/mol. The molecule has 0 fully saturated rings. The highest BCUT2D eigenvalue weighted by molar-refractivity contribution is 5.94. The Morgan fingerprint density at radius 3 is 2.31 bits per heavy atom. The van der Waals surface area contributed by atoms with Crippen LogP contribution in [-0.2, 0) is 32.0 Å². The Morgan fingerprint density at radius 1 is 0.949 bits per heavy atom. The van der Waals surface area contributed by atoms with Gasteiger partial charge in [0, 0.05) is 23.5 Å². The monoisotopic (exact) mass is 537 g/mol. The predicted molar refractivity (Wildman–Crippen MR) is 146 cm³/mol. The molecule has 0 spiro atoms. The molecule has 0 aliphatic rings. The van der Waals surface area contributed by atoms with E-state index in [0.29, 0.717) is 12.0 Å². The van der Waals surface area contributed by atoms with Crippen LogP contribution in [0.4, 0.5) is 0 Å². The lowest BCUT2D eigenvalue weighted by atomic mass is 9.97. The fraction of sp³-hybridized carbons (Fsp3) is 0.357. The molecule has 0 radical (unpaired) electrons. The number of aromatic amines is 1. The van der Waals surface area contributed by atoms with Crippen molar-refractivity contribution in [2.75, 3.05) is 6.54 Å². The lowest BCUT2D eigenvalue weighted by molar-refractivity contribution is -0.139. The van der Waals surface area contributed by atoms with E-state index in [1.807, 2.05) is 31.2 Å². The number of hydrogen-bond donors (Lipinski definition) is 7. The van der Waals surface area contributed by atoms with Crippen molar-refractivity contribution < 1.29 is 29.4 Å². The third-order valence-electron chi connectivity index (χ3n) is 6.67. The maximum atomic E-state index is 13.4. The second-order valence-corrected chi connectivity index (χ2v) is 9.59. The second kappa shape index (κ2) is 13.4. The van der Waals surface area contributed by atoms with Crippen molar-refractivity contribution in [1.29, 1.82) is 0 Å². The van der Waals surface area contributed by atoms with Gasteiger partial charge in [-0.25, -0.2) is 0 Å². The molecule has 0 aliphatic heterocycles. The quantitative estimate of drug-likeness (QED) is 0.171. The molecule has 0 saturated heterocycles. The van der Waals surface area contributed by atoms with Crippen LogP contribution in [0.3, 0.4) is 0 Å². The fourth-order valence-corrected chi connectivity index (χ4v) is 4.21. The van der Waals surface area contributed by atoms with Crippen molar-refractivity contribution in [3.8, 4) is 5.75 Å². The van der Waals surface area contributed by atoms with E-state index in [9.17, 15) is 24.3 Å². The van der Waals surface area contributed by atoms with Gasteiger partial charge in [0.15, 0.2) is 0 Å². The van der Waals surface area contributed by atoms with Crippen LogP contribution in [0.15, 0.2) is 54.7 Å². The molecule has 0 bridgehead atoms. The molecule has 0 aliphatic carbocycles. The van der Waals surface area contributed by atoms with Gasteiger partial charge in [-0.2, -0.15) is 0 Å². The molecule has 4 atom stereocenters. The number of rotatable bonds is 13. The number of aromatic nitrogens is 1. The second-order valence-electron chi connectivity index (χ2n) is 9.59. The van der Waals surface area contributed by atoms with Gasteiger partial charge in [0.25, 0.3) is 0 Å². The van der Waals surface area contributed by atoms with Crippen molar-refractivity contribution in [3.63, 3.8) is 0 Å². The lowest BCUT2D eigenvalue weighted by Crippen LogP contribution is -2.58. The highest BCUT2D eigenvalue weighted by atomic mass is 16.4. The van der Waals surface area contributed by atoms with Crippen molar-refractivity contribution in [3.05, 3.63) is 65.9 Å². The number of phenols is 1. The molecular formula is C28H35N5O6. The standard InChI is InChI=1S/C28H35N5O6/c1-3-16(2)25(28(39)31-15-24(35)36)33-27(38)23(12-17-8-10-19(34)11-9-17)32-26(37)21(29)13-18-14-30-22-7-5-4-6-20(18)22/h4-11,14,16,21,23,25,30,34H,3,12-13,15,29H2,1-2H3,(H,31,39)(H,32,37)(H,33,38)(H,35,36). The summed E-state index contributed by atoms with van der Waals surface area (Å²) >= 11 is 0. The number of carbonyl (C=O) groups is 4. The number of H-pyrrole nitrogens is 1. The maximum Gasteiger partial charge on any atom is 0.322 e. The van der Waals surface area contributed by atoms with E-state index in [2.05, 4.69) is 20.9 Å². The number of hydrogen-bond acceptors (Lipinski definition) is 6. The lowest BCUT2D eigenvalue weighted by Gasteiger charge is -2.27. The van der Waals surface area contributed by atoms with Crippen molar-refractivity contribution in [2.45, 2.75) is 51.2 Å². The molecule has 1 heterocycles. The van der Waals surface area contributed by atoms with E-state index in [-0.39, 0.29) is 24.5 Å². The smallest absolute Gasteiger partial charge is 0.322 e. The molecular weight excluding hydrogens is 502 g/mol. The van der Waals surface area contributed by atoms with E-state index in [1.54, 1.807) is 25.3 Å². The number of benzene rings is 2. The number of phenolic OH excluding ortho intramolecular Hbond substituents is 1. The molecule has 1 aromatic heterocycles. The molecule has 11 nitrogen and oxygen atoms in total. The minimum absolute atomic E-state index is 0.0523. The summed E-state index contributed by atoms with van der Waals surface area (Å²) in [6.45, 7) is 3.02. The fourth-order valence-electron chi connectivity index (χ4n) is 4.21. The Kier molecular flexibility index (Phi) is 10.0. The molecule has 8 N–H and O–H groups in total. The molecule has 39 heavy (non-hydrogen) atoms. The molecule has 4 unspecified atom stereocenters. The molecule has 3 amide bonds. The number of fused-ring (bicyclic) bond motifs is 1. The minimum Gasteiger partial charge on any atom is -0.508 e. The van der Waals surface area contributed by atoms with Gasteiger partial charge >= 0.3 is 5.97 Å². The third-order valence-corrected chi connectivity index (χ3v) is 6.67. The van der Waals surface area contributed by atoms with Gasteiger partial charge in [0.1, 0.15) is 24.4 Å². The zero-order chi connectivity index (χ0) is 28.5. The summed E-state index contributed by atoms with van der Waals surface area (Å²) in [5.41, 5.74) is 8.68. The normalized spacial score (nSPS) is 14.1. The number of carbonyl (C=O) groups excluding carboxylic acids is 3. The maximum absolute atomic E-state index is 13.4. The summed E-state index contributed by atoms with van der Waals surface area (Å²) in [5.74, 6) is -3.26. The van der Waals surface area contributed by atoms with E-state index in [0.717, 1.165) is 16.5 Å². The Hall–Kier alpha value is -4.38. The summed E-state index contributed by atoms with van der Waals surface area (Å²) in [5, 5.41) is 27.2. The largest absolute Gasteiger partial charge is 0.508 e. The van der Waals surface area contributed by atoms with Crippen molar-refractivity contribution >= 4 is 34.6 Å². The minimum atomic E-state index is -1.21. The number of para-hydroxylation sites is 1. The van der Waals surface area contributed by atoms with Gasteiger partial charge in [-0.05, 0) is 41.7 Å². The summed E-state index contributed by atoms with van der Waals surface area (Å²) < 4.78 is 0. The first kappa shape index (κ1) is 29.2. The number of nitrogens with two attached hydrogens (primary N) is 1. The van der Waals surface area contributed by atoms with Crippen LogP contribution >= 0.6 is 0 Å². The molecule has 11 heteroatoms. The third kappa shape index (κ3) is 8.05. The Balaban J connectivity index is 1.78. The highest BCUT2D eigenvalue weighted by Gasteiger charge is 2.31. The zero-order valence-corrected chi connectivity index (χ0v) is 21.9. The molecule has 208 valence electrons. The van der Waals surface area contributed by atoms with Gasteiger partial charge in [0.2, 0.25) is 17.7 Å². The first-order valence-corrected chi connectivity index (χ1v) is 12.8. The topological polar surface area (TPSA) is 187 Å². The molecule has 2 aromatic carbocycles. The SMILES string of the molecule is CCC(C)C(NC(=O)C(Cc1ccc(O)cc1)NC(=O)C(N)Cc1c[nH]c2ccccc12)C(=O)NCC(=O)O. The zero-order valence-electron chi connectivity index (χ0n) is 21.9. The molecule has 3 rings (SSSR count). The van der Waals surface area contributed by atoms with Crippen molar-refractivity contribution in [2.24, 2.45) is 11.7 Å². The first-order chi connectivity index (χ1) is 18.6. The van der Waals surface area contributed by atoms with Crippen molar-refractivity contribution in [1.82, 2.24) is 20.9 Å². The van der Waals surface area contributed by atoms with Gasteiger partial charge in [0.05, 0.1) is 6.04 Å². The Labute approximate surface area is 226 Å². The van der Waals surface area contributed by atoms with E-state index < -0.39 is 48.4 Å². The predicted octanol–water partition coefficient (Wildman–Crippen LogP) is 1.20. The van der Waals surface area contributed by atoms with Gasteiger partial charge in [-0.15, -0.1) is 0 Å². The highest BCUT2D eigenvalue weighted by Crippen LogP contribution is 2.19. The van der Waals surface area contributed by atoms with Crippen LogP contribution in [0.5, 0.6) is 5.75 Å². The number of carboxylic acids is 1. The van der Waals surface area contributed by atoms with E-state index in [1.165, 1.54) is 12.1 Å². The van der Waals surface area contributed by atoms with Crippen LogP contribution in [-0.4, -0.2) is 63.6 Å². The number of aromatic hydroxyl groups is 1. The number of aliphatic carboxylic acids is 1. The number of nitrogens with one attached hydrogen (secondary N) is 4. The summed E-state index contributed by atoms with van der Waals surface area (Å²) in [6.07, 6.45) is 2.64. The number of amides is 3. The summed E-state index contributed by atoms with van der Waals surface area (Å²) in [7, 11) is 0. The first-order valence-electron chi connectivity index (χ1n) is 12.8. The molecule has 3 aromatic rings. The van der Waals surface area contributed by atoms with Crippen LogP contribution in [0.2, 0.25) is 0 Å². The summed E-state index contributed by atoms with van der Waals surface area (Å²) in [4.78, 5) is 53.3. The van der Waals surface area contributed by atoms with Gasteiger partial charge in [-0.1, -0.05) is 50.6 Å². The Morgan fingerprint density at radius 2 is 1.64 bits per heavy atom. The van der Waals surface area contributed by atoms with Crippen LogP contribution in [0.25, 0.3) is 10.9 Å². The Bertz CT molecular complexity index is 1310. The van der Waals surface area contributed by atoms with Gasteiger partial charge < -0.3 is 36.9 Å². The molecule has 0 saturated carbocycles.